The molecule has 0 saturated carbocycles. The minimum absolute atomic E-state index is 0.123. The lowest BCUT2D eigenvalue weighted by Crippen LogP contribution is -2.30. The molecule has 0 radical (unpaired) electrons. The van der Waals surface area contributed by atoms with E-state index in [2.05, 4.69) is 0 Å². The number of sulfonamides is 1. The van der Waals surface area contributed by atoms with Gasteiger partial charge < -0.3 is 0 Å². The van der Waals surface area contributed by atoms with Gasteiger partial charge in [0.25, 0.3) is 5.69 Å². The summed E-state index contributed by atoms with van der Waals surface area (Å²) in [6.07, 6.45) is 1.08. The smallest absolute Gasteiger partial charge is 0.258 e. The van der Waals surface area contributed by atoms with Crippen LogP contribution >= 0.6 is 0 Å². The van der Waals surface area contributed by atoms with Gasteiger partial charge in [-0.2, -0.15) is 4.31 Å². The van der Waals surface area contributed by atoms with Crippen LogP contribution in [0.15, 0.2) is 58.3 Å². The van der Waals surface area contributed by atoms with Gasteiger partial charge in [0.2, 0.25) is 10.0 Å². The van der Waals surface area contributed by atoms with E-state index >= 15 is 0 Å². The first-order valence-corrected chi connectivity index (χ1v) is 10.8. The third-order valence-corrected chi connectivity index (χ3v) is 7.16. The van der Waals surface area contributed by atoms with Crippen LogP contribution in [0.1, 0.15) is 18.5 Å². The summed E-state index contributed by atoms with van der Waals surface area (Å²) in [6, 6.07) is 10.3. The van der Waals surface area contributed by atoms with Crippen molar-refractivity contribution in [2.45, 2.75) is 22.8 Å². The largest absolute Gasteiger partial charge is 0.289 e. The summed E-state index contributed by atoms with van der Waals surface area (Å²) in [5.41, 5.74) is 0.0565. The first-order valence-electron chi connectivity index (χ1n) is 7.47. The van der Waals surface area contributed by atoms with Gasteiger partial charge in [0, 0.05) is 25.4 Å². The molecule has 0 aliphatic carbocycles. The molecule has 0 bridgehead atoms. The van der Waals surface area contributed by atoms with Gasteiger partial charge in [-0.1, -0.05) is 24.3 Å². The van der Waals surface area contributed by atoms with Crippen molar-refractivity contribution in [3.8, 4) is 0 Å². The number of hydrogen-bond acceptors (Lipinski definition) is 6. The fourth-order valence-corrected chi connectivity index (χ4v) is 4.53. The Bertz CT molecular complexity index is 1030. The summed E-state index contributed by atoms with van der Waals surface area (Å²) < 4.78 is 49.7. The van der Waals surface area contributed by atoms with Crippen LogP contribution in [0, 0.1) is 10.1 Å². The van der Waals surface area contributed by atoms with Crippen LogP contribution in [-0.2, 0) is 19.9 Å². The van der Waals surface area contributed by atoms with Crippen LogP contribution in [0.2, 0.25) is 0 Å². The SMILES string of the molecule is CC(c1ccc(S(C)(=O)=O)cc1)N(C)S(=O)(=O)c1ccccc1[N+](=O)[O-]. The van der Waals surface area contributed by atoms with Crippen LogP contribution < -0.4 is 0 Å². The molecular weight excluding hydrogens is 380 g/mol. The Morgan fingerprint density at radius 1 is 1.00 bits per heavy atom. The van der Waals surface area contributed by atoms with Crippen LogP contribution in [0.25, 0.3) is 0 Å². The number of nitro benzene ring substituents is 1. The van der Waals surface area contributed by atoms with Crippen molar-refractivity contribution < 1.29 is 21.8 Å². The minimum Gasteiger partial charge on any atom is -0.258 e. The van der Waals surface area contributed by atoms with E-state index in [-0.39, 0.29) is 4.90 Å². The van der Waals surface area contributed by atoms with Gasteiger partial charge in [-0.15, -0.1) is 0 Å². The highest BCUT2D eigenvalue weighted by molar-refractivity contribution is 7.90. The van der Waals surface area contributed by atoms with E-state index in [4.69, 9.17) is 0 Å². The second-order valence-corrected chi connectivity index (χ2v) is 9.74. The quantitative estimate of drug-likeness (QED) is 0.545. The second kappa shape index (κ2) is 7.14. The van der Waals surface area contributed by atoms with E-state index in [0.29, 0.717) is 5.56 Å². The third kappa shape index (κ3) is 3.92. The van der Waals surface area contributed by atoms with Gasteiger partial charge in [-0.3, -0.25) is 10.1 Å². The molecule has 140 valence electrons. The molecule has 0 aliphatic rings. The maximum atomic E-state index is 12.8. The fourth-order valence-electron chi connectivity index (χ4n) is 2.39. The summed E-state index contributed by atoms with van der Waals surface area (Å²) >= 11 is 0. The molecule has 0 saturated heterocycles. The van der Waals surface area contributed by atoms with Crippen molar-refractivity contribution in [2.75, 3.05) is 13.3 Å². The minimum atomic E-state index is -4.13. The van der Waals surface area contributed by atoms with Gasteiger partial charge in [-0.05, 0) is 30.7 Å². The average Bonchev–Trinajstić information content (AvgIpc) is 2.59. The number of benzene rings is 2. The molecule has 2 aromatic rings. The zero-order valence-electron chi connectivity index (χ0n) is 14.4. The van der Waals surface area contributed by atoms with Crippen molar-refractivity contribution in [2.24, 2.45) is 0 Å². The maximum absolute atomic E-state index is 12.8. The summed E-state index contributed by atoms with van der Waals surface area (Å²) in [5.74, 6) is 0. The molecular formula is C16H18N2O6S2. The predicted molar refractivity (Wildman–Crippen MR) is 96.0 cm³/mol. The highest BCUT2D eigenvalue weighted by Crippen LogP contribution is 2.31. The van der Waals surface area contributed by atoms with E-state index in [9.17, 15) is 26.9 Å². The van der Waals surface area contributed by atoms with E-state index in [1.807, 2.05) is 0 Å². The Hall–Kier alpha value is -2.30. The van der Waals surface area contributed by atoms with Gasteiger partial charge >= 0.3 is 0 Å². The Balaban J connectivity index is 2.41. The third-order valence-electron chi connectivity index (χ3n) is 4.06. The molecule has 0 spiro atoms. The molecule has 8 nitrogen and oxygen atoms in total. The zero-order valence-corrected chi connectivity index (χ0v) is 16.0. The number of rotatable bonds is 6. The first kappa shape index (κ1) is 20.0. The maximum Gasteiger partial charge on any atom is 0.289 e. The molecule has 0 fully saturated rings. The van der Waals surface area contributed by atoms with E-state index in [1.165, 1.54) is 49.5 Å². The molecule has 0 amide bonds. The van der Waals surface area contributed by atoms with Crippen LogP contribution in [0.3, 0.4) is 0 Å². The highest BCUT2D eigenvalue weighted by Gasteiger charge is 2.32. The number of nitro groups is 1. The lowest BCUT2D eigenvalue weighted by molar-refractivity contribution is -0.387. The number of para-hydroxylation sites is 1. The van der Waals surface area contributed by atoms with Gasteiger partial charge in [0.15, 0.2) is 14.7 Å². The van der Waals surface area contributed by atoms with E-state index < -0.39 is 41.4 Å². The van der Waals surface area contributed by atoms with Crippen LogP contribution in [0.4, 0.5) is 5.69 Å². The molecule has 0 aromatic heterocycles. The normalized spacial score (nSPS) is 13.5. The summed E-state index contributed by atoms with van der Waals surface area (Å²) in [6.45, 7) is 1.61. The Morgan fingerprint density at radius 3 is 2.04 bits per heavy atom. The molecule has 1 unspecified atom stereocenters. The van der Waals surface area contributed by atoms with Crippen LogP contribution in [0.5, 0.6) is 0 Å². The predicted octanol–water partition coefficient (Wildman–Crippen LogP) is 2.38. The van der Waals surface area contributed by atoms with Gasteiger partial charge in [0.05, 0.1) is 9.82 Å². The summed E-state index contributed by atoms with van der Waals surface area (Å²) in [4.78, 5) is 10.1. The Kier molecular flexibility index (Phi) is 5.49. The standard InChI is InChI=1S/C16H18N2O6S2/c1-12(13-8-10-14(11-9-13)25(3,21)22)17(2)26(23,24)16-7-5-4-6-15(16)18(19)20/h4-12H,1-3H3. The molecule has 0 N–H and O–H groups in total. The average molecular weight is 398 g/mol. The van der Waals surface area contributed by atoms with Crippen LogP contribution in [-0.4, -0.2) is 39.4 Å². The summed E-state index contributed by atoms with van der Waals surface area (Å²) in [5, 5.41) is 11.1. The molecule has 2 rings (SSSR count). The summed E-state index contributed by atoms with van der Waals surface area (Å²) in [7, 11) is -6.17. The van der Waals surface area contributed by atoms with Crippen molar-refractivity contribution in [3.05, 3.63) is 64.2 Å². The molecule has 0 heterocycles. The van der Waals surface area contributed by atoms with E-state index in [1.54, 1.807) is 6.92 Å². The van der Waals surface area contributed by atoms with E-state index in [0.717, 1.165) is 16.6 Å². The fraction of sp³-hybridized carbons (Fsp3) is 0.250. The second-order valence-electron chi connectivity index (χ2n) is 5.76. The van der Waals surface area contributed by atoms with Crippen molar-refractivity contribution >= 4 is 25.5 Å². The Morgan fingerprint density at radius 2 is 1.54 bits per heavy atom. The number of nitrogens with zero attached hydrogens (tertiary/aromatic N) is 2. The van der Waals surface area contributed by atoms with Crippen molar-refractivity contribution in [3.63, 3.8) is 0 Å². The molecule has 0 aliphatic heterocycles. The highest BCUT2D eigenvalue weighted by atomic mass is 32.2. The molecule has 1 atom stereocenters. The van der Waals surface area contributed by atoms with Crippen molar-refractivity contribution in [1.29, 1.82) is 0 Å². The lowest BCUT2D eigenvalue weighted by Gasteiger charge is -2.24. The van der Waals surface area contributed by atoms with Gasteiger partial charge in [0.1, 0.15) is 0 Å². The zero-order chi connectivity index (χ0) is 19.7. The van der Waals surface area contributed by atoms with Gasteiger partial charge in [-0.25, -0.2) is 16.8 Å². The Labute approximate surface area is 152 Å². The monoisotopic (exact) mass is 398 g/mol. The molecule has 26 heavy (non-hydrogen) atoms. The molecule has 10 heteroatoms. The molecule has 2 aromatic carbocycles. The topological polar surface area (TPSA) is 115 Å². The first-order chi connectivity index (χ1) is 12.0. The lowest BCUT2D eigenvalue weighted by atomic mass is 10.1. The van der Waals surface area contributed by atoms with Crippen molar-refractivity contribution in [1.82, 2.24) is 4.31 Å². The number of sulfone groups is 1. The number of hydrogen-bond donors (Lipinski definition) is 0.